The Morgan fingerprint density at radius 3 is 2.36 bits per heavy atom. The van der Waals surface area contributed by atoms with Gasteiger partial charge in [-0.25, -0.2) is 4.99 Å². The van der Waals surface area contributed by atoms with Crippen molar-refractivity contribution in [2.75, 3.05) is 0 Å². The van der Waals surface area contributed by atoms with Gasteiger partial charge >= 0.3 is 0 Å². The number of aliphatic imine (C=N–C) groups is 1. The van der Waals surface area contributed by atoms with E-state index in [0.717, 1.165) is 38.9 Å². The molecule has 1 aromatic heterocycles. The average molecular weight is 383 g/mol. The molecule has 4 aromatic rings. The monoisotopic (exact) mass is 382 g/mol. The first kappa shape index (κ1) is 16.7. The molecular formula is C23H15ClN4. The Morgan fingerprint density at radius 1 is 0.750 bits per heavy atom. The number of fused-ring (bicyclic) bond motifs is 3. The van der Waals surface area contributed by atoms with Crippen LogP contribution in [-0.2, 0) is 0 Å². The summed E-state index contributed by atoms with van der Waals surface area (Å²) < 4.78 is 0. The van der Waals surface area contributed by atoms with E-state index in [0.29, 0.717) is 10.9 Å². The molecule has 1 aliphatic heterocycles. The standard InChI is InChI=1S/C23H15ClN4/c24-18-8-5-16(6-9-18)21-20-10-7-15-3-1-2-4-19(15)22(20)26-23(28-27-21)17-11-13-25-14-12-17/h1-14H,(H,26,28). The van der Waals surface area contributed by atoms with Crippen molar-refractivity contribution in [2.45, 2.75) is 0 Å². The minimum Gasteiger partial charge on any atom is -0.265 e. The molecule has 28 heavy (non-hydrogen) atoms. The summed E-state index contributed by atoms with van der Waals surface area (Å²) in [6.45, 7) is 0. The molecule has 5 rings (SSSR count). The van der Waals surface area contributed by atoms with Crippen LogP contribution in [0.15, 0.2) is 95.3 Å². The maximum absolute atomic E-state index is 6.08. The van der Waals surface area contributed by atoms with Crippen LogP contribution in [0.25, 0.3) is 10.8 Å². The normalized spacial score (nSPS) is 13.2. The minimum absolute atomic E-state index is 0.684. The summed E-state index contributed by atoms with van der Waals surface area (Å²) in [5.74, 6) is 0.684. The van der Waals surface area contributed by atoms with Crippen LogP contribution in [0, 0.1) is 0 Å². The van der Waals surface area contributed by atoms with Gasteiger partial charge in [0, 0.05) is 39.5 Å². The van der Waals surface area contributed by atoms with Crippen LogP contribution in [0.5, 0.6) is 0 Å². The number of nitrogens with one attached hydrogen (secondary N) is 1. The van der Waals surface area contributed by atoms with Crippen molar-refractivity contribution in [3.05, 3.63) is 107 Å². The number of hydrogen-bond donors (Lipinski definition) is 1. The Bertz CT molecular complexity index is 1230. The predicted octanol–water partition coefficient (Wildman–Crippen LogP) is 5.32. The zero-order valence-electron chi connectivity index (χ0n) is 14.8. The third-order valence-electron chi connectivity index (χ3n) is 4.72. The van der Waals surface area contributed by atoms with Crippen LogP contribution in [-0.4, -0.2) is 16.5 Å². The van der Waals surface area contributed by atoms with Crippen molar-refractivity contribution in [3.8, 4) is 0 Å². The molecule has 5 heteroatoms. The number of amidine groups is 1. The molecule has 1 aliphatic rings. The Hall–Kier alpha value is -3.50. The summed E-state index contributed by atoms with van der Waals surface area (Å²) in [5, 5.41) is 7.61. The summed E-state index contributed by atoms with van der Waals surface area (Å²) >= 11 is 6.08. The molecule has 0 spiro atoms. The molecule has 134 valence electrons. The van der Waals surface area contributed by atoms with E-state index < -0.39 is 0 Å². The molecule has 0 saturated heterocycles. The van der Waals surface area contributed by atoms with Gasteiger partial charge in [-0.2, -0.15) is 5.10 Å². The third kappa shape index (κ3) is 2.94. The number of hydrazone groups is 1. The quantitative estimate of drug-likeness (QED) is 0.510. The number of hydrogen-bond acceptors (Lipinski definition) is 4. The van der Waals surface area contributed by atoms with Crippen molar-refractivity contribution < 1.29 is 0 Å². The SMILES string of the molecule is Clc1ccc(C2=NNC(c3ccncc3)=Nc3c2ccc2ccccc32)cc1. The summed E-state index contributed by atoms with van der Waals surface area (Å²) in [6.07, 6.45) is 3.50. The van der Waals surface area contributed by atoms with Gasteiger partial charge < -0.3 is 0 Å². The fraction of sp³-hybridized carbons (Fsp3) is 0. The van der Waals surface area contributed by atoms with E-state index in [4.69, 9.17) is 21.7 Å². The molecule has 1 N–H and O–H groups in total. The highest BCUT2D eigenvalue weighted by atomic mass is 35.5. The molecule has 0 saturated carbocycles. The van der Waals surface area contributed by atoms with Gasteiger partial charge in [0.1, 0.15) is 0 Å². The van der Waals surface area contributed by atoms with E-state index in [9.17, 15) is 0 Å². The summed E-state index contributed by atoms with van der Waals surface area (Å²) in [4.78, 5) is 9.07. The van der Waals surface area contributed by atoms with E-state index in [1.54, 1.807) is 12.4 Å². The van der Waals surface area contributed by atoms with Gasteiger partial charge in [0.15, 0.2) is 5.84 Å². The van der Waals surface area contributed by atoms with Crippen LogP contribution in [0.2, 0.25) is 5.02 Å². The second-order valence-corrected chi connectivity index (χ2v) is 6.89. The number of aromatic nitrogens is 1. The fourth-order valence-corrected chi connectivity index (χ4v) is 3.47. The molecule has 3 aromatic carbocycles. The summed E-state index contributed by atoms with van der Waals surface area (Å²) in [5.41, 5.74) is 7.73. The van der Waals surface area contributed by atoms with Gasteiger partial charge in [-0.15, -0.1) is 0 Å². The predicted molar refractivity (Wildman–Crippen MR) is 115 cm³/mol. The van der Waals surface area contributed by atoms with Crippen molar-refractivity contribution in [2.24, 2.45) is 10.1 Å². The van der Waals surface area contributed by atoms with E-state index in [1.807, 2.05) is 48.5 Å². The zero-order chi connectivity index (χ0) is 18.9. The number of halogens is 1. The Labute approximate surface area is 167 Å². The first-order valence-electron chi connectivity index (χ1n) is 8.90. The van der Waals surface area contributed by atoms with Crippen LogP contribution >= 0.6 is 11.6 Å². The average Bonchev–Trinajstić information content (AvgIpc) is 2.95. The number of rotatable bonds is 2. The van der Waals surface area contributed by atoms with Gasteiger partial charge in [0.05, 0.1) is 11.4 Å². The molecule has 0 fully saturated rings. The van der Waals surface area contributed by atoms with Gasteiger partial charge in [0.2, 0.25) is 0 Å². The largest absolute Gasteiger partial charge is 0.265 e. The molecule has 4 nitrogen and oxygen atoms in total. The second-order valence-electron chi connectivity index (χ2n) is 6.46. The minimum atomic E-state index is 0.684. The van der Waals surface area contributed by atoms with Gasteiger partial charge in [-0.1, -0.05) is 54.1 Å². The smallest absolute Gasteiger partial charge is 0.154 e. The maximum Gasteiger partial charge on any atom is 0.154 e. The number of benzene rings is 3. The fourth-order valence-electron chi connectivity index (χ4n) is 3.34. The van der Waals surface area contributed by atoms with Gasteiger partial charge in [-0.3, -0.25) is 10.4 Å². The topological polar surface area (TPSA) is 49.6 Å². The van der Waals surface area contributed by atoms with Crippen LogP contribution < -0.4 is 5.43 Å². The first-order chi connectivity index (χ1) is 13.8. The lowest BCUT2D eigenvalue weighted by molar-refractivity contribution is 1.03. The second kappa shape index (κ2) is 6.91. The van der Waals surface area contributed by atoms with E-state index in [2.05, 4.69) is 34.7 Å². The molecule has 0 bridgehead atoms. The third-order valence-corrected chi connectivity index (χ3v) is 4.98. The highest BCUT2D eigenvalue weighted by molar-refractivity contribution is 6.31. The van der Waals surface area contributed by atoms with Crippen LogP contribution in [0.1, 0.15) is 16.7 Å². The van der Waals surface area contributed by atoms with Crippen molar-refractivity contribution >= 4 is 39.6 Å². The van der Waals surface area contributed by atoms with Crippen LogP contribution in [0.4, 0.5) is 5.69 Å². The Kier molecular flexibility index (Phi) is 4.11. The summed E-state index contributed by atoms with van der Waals surface area (Å²) in [7, 11) is 0. The zero-order valence-corrected chi connectivity index (χ0v) is 15.6. The molecule has 2 heterocycles. The molecule has 0 unspecified atom stereocenters. The first-order valence-corrected chi connectivity index (χ1v) is 9.28. The van der Waals surface area contributed by atoms with Crippen molar-refractivity contribution in [1.29, 1.82) is 0 Å². The highest BCUT2D eigenvalue weighted by Gasteiger charge is 2.19. The molecular weight excluding hydrogens is 368 g/mol. The van der Waals surface area contributed by atoms with Gasteiger partial charge in [0.25, 0.3) is 0 Å². The van der Waals surface area contributed by atoms with E-state index in [-0.39, 0.29) is 0 Å². The number of nitrogens with zero attached hydrogens (tertiary/aromatic N) is 3. The molecule has 0 amide bonds. The van der Waals surface area contributed by atoms with Crippen molar-refractivity contribution in [3.63, 3.8) is 0 Å². The van der Waals surface area contributed by atoms with Gasteiger partial charge in [-0.05, 0) is 35.7 Å². The Balaban J connectivity index is 1.78. The molecule has 0 radical (unpaired) electrons. The maximum atomic E-state index is 6.08. The van der Waals surface area contributed by atoms with Crippen molar-refractivity contribution in [1.82, 2.24) is 10.4 Å². The number of pyridine rings is 1. The summed E-state index contributed by atoms with van der Waals surface area (Å²) in [6, 6.07) is 23.9. The van der Waals surface area contributed by atoms with E-state index >= 15 is 0 Å². The lowest BCUT2D eigenvalue weighted by Crippen LogP contribution is -2.19. The van der Waals surface area contributed by atoms with E-state index in [1.165, 1.54) is 0 Å². The lowest BCUT2D eigenvalue weighted by atomic mass is 9.97. The Morgan fingerprint density at radius 2 is 1.54 bits per heavy atom. The lowest BCUT2D eigenvalue weighted by Gasteiger charge is -2.10. The van der Waals surface area contributed by atoms with Crippen LogP contribution in [0.3, 0.4) is 0 Å². The highest BCUT2D eigenvalue weighted by Crippen LogP contribution is 2.33. The molecule has 0 aliphatic carbocycles. The molecule has 0 atom stereocenters.